The number of carboxylic acid groups (broad SMARTS) is 1. The number of benzene rings is 2. The molecule has 0 amide bonds. The molecule has 0 radical (unpaired) electrons. The van der Waals surface area contributed by atoms with E-state index in [4.69, 9.17) is 37.8 Å². The van der Waals surface area contributed by atoms with E-state index in [2.05, 4.69) is 5.32 Å². The van der Waals surface area contributed by atoms with Gasteiger partial charge in [-0.05, 0) is 56.7 Å². The summed E-state index contributed by atoms with van der Waals surface area (Å²) in [6.07, 6.45) is -0.0285. The van der Waals surface area contributed by atoms with Gasteiger partial charge in [0.15, 0.2) is 11.5 Å². The molecule has 2 aromatic rings. The Labute approximate surface area is 162 Å². The van der Waals surface area contributed by atoms with Crippen molar-refractivity contribution in [2.75, 3.05) is 11.9 Å². The van der Waals surface area contributed by atoms with Crippen molar-refractivity contribution in [3.05, 3.63) is 51.5 Å². The van der Waals surface area contributed by atoms with Gasteiger partial charge >= 0.3 is 5.97 Å². The van der Waals surface area contributed by atoms with Crippen LogP contribution in [0.2, 0.25) is 10.0 Å². The zero-order chi connectivity index (χ0) is 19.3. The summed E-state index contributed by atoms with van der Waals surface area (Å²) in [5.41, 5.74) is 1.56. The Bertz CT molecular complexity index is 793. The zero-order valence-corrected chi connectivity index (χ0v) is 16.3. The van der Waals surface area contributed by atoms with Gasteiger partial charge in [0.2, 0.25) is 0 Å². The maximum Gasteiger partial charge on any atom is 0.337 e. The van der Waals surface area contributed by atoms with Crippen LogP contribution < -0.4 is 14.8 Å². The molecule has 0 aliphatic heterocycles. The minimum Gasteiger partial charge on any atom is -0.490 e. The predicted octanol–water partition coefficient (Wildman–Crippen LogP) is 5.49. The van der Waals surface area contributed by atoms with Gasteiger partial charge in [-0.1, -0.05) is 23.2 Å². The Morgan fingerprint density at radius 3 is 2.54 bits per heavy atom. The molecule has 2 aromatic carbocycles. The molecule has 26 heavy (non-hydrogen) atoms. The van der Waals surface area contributed by atoms with Crippen molar-refractivity contribution in [2.45, 2.75) is 33.4 Å². The third-order valence-electron chi connectivity index (χ3n) is 3.42. The molecular formula is C19H21Cl2NO4. The van der Waals surface area contributed by atoms with Crippen LogP contribution in [-0.4, -0.2) is 23.8 Å². The number of hydrogen-bond acceptors (Lipinski definition) is 4. The lowest BCUT2D eigenvalue weighted by Crippen LogP contribution is -2.09. The Kier molecular flexibility index (Phi) is 7.00. The largest absolute Gasteiger partial charge is 0.490 e. The minimum absolute atomic E-state index is 0.0285. The van der Waals surface area contributed by atoms with Crippen LogP contribution in [0, 0.1) is 0 Å². The highest BCUT2D eigenvalue weighted by Crippen LogP contribution is 2.37. The summed E-state index contributed by atoms with van der Waals surface area (Å²) < 4.78 is 11.4. The van der Waals surface area contributed by atoms with Gasteiger partial charge in [-0.2, -0.15) is 0 Å². The summed E-state index contributed by atoms with van der Waals surface area (Å²) in [5, 5.41) is 13.0. The quantitative estimate of drug-likeness (QED) is 0.616. The SMILES string of the molecule is CCOc1cc(CNc2ccc(Cl)c(C(=O)O)c2)cc(Cl)c1OC(C)C. The summed E-state index contributed by atoms with van der Waals surface area (Å²) in [7, 11) is 0. The molecule has 0 atom stereocenters. The first kappa shape index (κ1) is 20.2. The maximum atomic E-state index is 11.2. The third kappa shape index (κ3) is 5.19. The molecule has 2 rings (SSSR count). The molecule has 0 saturated carbocycles. The van der Waals surface area contributed by atoms with Gasteiger partial charge in [0.1, 0.15) is 0 Å². The van der Waals surface area contributed by atoms with Crippen molar-refractivity contribution in [1.82, 2.24) is 0 Å². The molecule has 0 heterocycles. The smallest absolute Gasteiger partial charge is 0.337 e. The van der Waals surface area contributed by atoms with Crippen molar-refractivity contribution in [3.63, 3.8) is 0 Å². The second-order valence-corrected chi connectivity index (χ2v) is 6.67. The standard InChI is InChI=1S/C19H21Cl2NO4/c1-4-25-17-8-12(7-16(21)18(17)26-11(2)3)10-22-13-5-6-15(20)14(9-13)19(23)24/h5-9,11,22H,4,10H2,1-3H3,(H,23,24). The van der Waals surface area contributed by atoms with E-state index in [0.717, 1.165) is 5.56 Å². The van der Waals surface area contributed by atoms with Gasteiger partial charge < -0.3 is 19.9 Å². The van der Waals surface area contributed by atoms with Crippen molar-refractivity contribution < 1.29 is 19.4 Å². The highest BCUT2D eigenvalue weighted by atomic mass is 35.5. The van der Waals surface area contributed by atoms with E-state index < -0.39 is 5.97 Å². The molecule has 2 N–H and O–H groups in total. The van der Waals surface area contributed by atoms with Crippen LogP contribution in [-0.2, 0) is 6.54 Å². The van der Waals surface area contributed by atoms with Gasteiger partial charge in [-0.15, -0.1) is 0 Å². The van der Waals surface area contributed by atoms with Crippen LogP contribution >= 0.6 is 23.2 Å². The summed E-state index contributed by atoms with van der Waals surface area (Å²) in [6, 6.07) is 8.41. The van der Waals surface area contributed by atoms with E-state index in [-0.39, 0.29) is 16.7 Å². The van der Waals surface area contributed by atoms with Gasteiger partial charge in [-0.25, -0.2) is 4.79 Å². The fraction of sp³-hybridized carbons (Fsp3) is 0.316. The molecule has 7 heteroatoms. The first-order valence-electron chi connectivity index (χ1n) is 8.20. The topological polar surface area (TPSA) is 67.8 Å². The molecule has 0 aliphatic carbocycles. The third-order valence-corrected chi connectivity index (χ3v) is 4.03. The van der Waals surface area contributed by atoms with Crippen LogP contribution in [0.15, 0.2) is 30.3 Å². The highest BCUT2D eigenvalue weighted by Gasteiger charge is 2.14. The molecule has 0 saturated heterocycles. The van der Waals surface area contributed by atoms with Crippen molar-refractivity contribution >= 4 is 34.9 Å². The molecular weight excluding hydrogens is 377 g/mol. The molecule has 0 fully saturated rings. The average Bonchev–Trinajstić information content (AvgIpc) is 2.57. The van der Waals surface area contributed by atoms with Crippen molar-refractivity contribution in [3.8, 4) is 11.5 Å². The van der Waals surface area contributed by atoms with E-state index in [9.17, 15) is 4.79 Å². The van der Waals surface area contributed by atoms with Gasteiger partial charge in [0, 0.05) is 12.2 Å². The van der Waals surface area contributed by atoms with E-state index in [0.29, 0.717) is 35.4 Å². The van der Waals surface area contributed by atoms with E-state index in [1.165, 1.54) is 6.07 Å². The summed E-state index contributed by atoms with van der Waals surface area (Å²) in [5.74, 6) is 0.0234. The summed E-state index contributed by atoms with van der Waals surface area (Å²) in [6.45, 7) is 6.65. The second-order valence-electron chi connectivity index (χ2n) is 5.86. The predicted molar refractivity (Wildman–Crippen MR) is 104 cm³/mol. The Hall–Kier alpha value is -2.11. The summed E-state index contributed by atoms with van der Waals surface area (Å²) >= 11 is 12.2. The van der Waals surface area contributed by atoms with E-state index >= 15 is 0 Å². The number of ether oxygens (including phenoxy) is 2. The normalized spacial score (nSPS) is 10.7. The van der Waals surface area contributed by atoms with Crippen LogP contribution in [0.25, 0.3) is 0 Å². The number of anilines is 1. The lowest BCUT2D eigenvalue weighted by molar-refractivity contribution is 0.0697. The monoisotopic (exact) mass is 397 g/mol. The molecule has 0 spiro atoms. The van der Waals surface area contributed by atoms with E-state index in [1.54, 1.807) is 18.2 Å². The number of rotatable bonds is 8. The van der Waals surface area contributed by atoms with Crippen molar-refractivity contribution in [2.24, 2.45) is 0 Å². The molecule has 0 aliphatic rings. The van der Waals surface area contributed by atoms with Crippen LogP contribution in [0.4, 0.5) is 5.69 Å². The molecule has 0 bridgehead atoms. The fourth-order valence-corrected chi connectivity index (χ4v) is 2.82. The van der Waals surface area contributed by atoms with Crippen molar-refractivity contribution in [1.29, 1.82) is 0 Å². The number of carboxylic acids is 1. The summed E-state index contributed by atoms with van der Waals surface area (Å²) in [4.78, 5) is 11.2. The Balaban J connectivity index is 2.22. The average molecular weight is 398 g/mol. The number of carbonyl (C=O) groups is 1. The zero-order valence-electron chi connectivity index (χ0n) is 14.8. The second kappa shape index (κ2) is 9.01. The minimum atomic E-state index is -1.07. The number of nitrogens with one attached hydrogen (secondary N) is 1. The Morgan fingerprint density at radius 2 is 1.92 bits per heavy atom. The van der Waals surface area contributed by atoms with Gasteiger partial charge in [0.25, 0.3) is 0 Å². The Morgan fingerprint density at radius 1 is 1.19 bits per heavy atom. The lowest BCUT2D eigenvalue weighted by Gasteiger charge is -2.17. The number of aromatic carboxylic acids is 1. The molecule has 0 unspecified atom stereocenters. The van der Waals surface area contributed by atoms with Crippen LogP contribution in [0.5, 0.6) is 11.5 Å². The molecule has 0 aromatic heterocycles. The van der Waals surface area contributed by atoms with E-state index in [1.807, 2.05) is 26.8 Å². The maximum absolute atomic E-state index is 11.2. The highest BCUT2D eigenvalue weighted by molar-refractivity contribution is 6.33. The number of halogens is 2. The van der Waals surface area contributed by atoms with Gasteiger partial charge in [0.05, 0.1) is 28.3 Å². The lowest BCUT2D eigenvalue weighted by atomic mass is 10.1. The van der Waals surface area contributed by atoms with Crippen LogP contribution in [0.1, 0.15) is 36.7 Å². The first-order valence-corrected chi connectivity index (χ1v) is 8.96. The van der Waals surface area contributed by atoms with Crippen LogP contribution in [0.3, 0.4) is 0 Å². The fourth-order valence-electron chi connectivity index (χ4n) is 2.34. The van der Waals surface area contributed by atoms with Gasteiger partial charge in [-0.3, -0.25) is 0 Å². The number of hydrogen-bond donors (Lipinski definition) is 2. The first-order chi connectivity index (χ1) is 12.3. The molecule has 140 valence electrons. The molecule has 5 nitrogen and oxygen atoms in total.